The number of nitriles is 2. The second-order valence-electron chi connectivity index (χ2n) is 1.71. The Labute approximate surface area is 98.4 Å². The number of rotatable bonds is 0. The van der Waals surface area contributed by atoms with E-state index in [-0.39, 0.29) is 17.1 Å². The molecule has 0 unspecified atom stereocenters. The fourth-order valence-corrected chi connectivity index (χ4v) is 0.534. The number of anilines is 2. The minimum atomic E-state index is 0. The predicted molar refractivity (Wildman–Crippen MR) is 44.3 cm³/mol. The second-order valence-corrected chi connectivity index (χ2v) is 2.40. The minimum Gasteiger partial charge on any atom is -0.384 e. The van der Waals surface area contributed by atoms with Gasteiger partial charge in [-0.2, -0.15) is 0 Å². The first kappa shape index (κ1) is 15.2. The van der Waals surface area contributed by atoms with Gasteiger partial charge in [0.2, 0.25) is 0 Å². The smallest absolute Gasteiger partial charge is 0.125 e. The van der Waals surface area contributed by atoms with Crippen molar-refractivity contribution in [2.45, 2.75) is 0 Å². The standard InChI is InChI=1S/C5H7N3.2CN.Fe.Ni/c6-4-2-1-3-5(7)8-4;2*1-2;;/h1-3H,(H4,6,7,8);;;;. The van der Waals surface area contributed by atoms with Crippen molar-refractivity contribution in [2.24, 2.45) is 0 Å². The van der Waals surface area contributed by atoms with Crippen LogP contribution in [-0.2, 0) is 31.5 Å². The maximum atomic E-state index is 7.57. The van der Waals surface area contributed by atoms with Crippen molar-refractivity contribution in [3.05, 3.63) is 18.2 Å². The molecule has 0 fully saturated rings. The van der Waals surface area contributed by atoms with Gasteiger partial charge in [-0.1, -0.05) is 6.07 Å². The van der Waals surface area contributed by atoms with E-state index in [9.17, 15) is 0 Å². The van der Waals surface area contributed by atoms with Crippen molar-refractivity contribution in [3.63, 3.8) is 0 Å². The van der Waals surface area contributed by atoms with E-state index in [0.717, 1.165) is 0 Å². The Morgan fingerprint density at radius 1 is 1.14 bits per heavy atom. The molecule has 0 aliphatic carbocycles. The summed E-state index contributed by atoms with van der Waals surface area (Å²) in [6.07, 6.45) is 0. The molecule has 1 aromatic rings. The van der Waals surface area contributed by atoms with Gasteiger partial charge in [0.1, 0.15) is 11.6 Å². The number of pyridine rings is 1. The van der Waals surface area contributed by atoms with E-state index in [4.69, 9.17) is 22.0 Å². The van der Waals surface area contributed by atoms with Gasteiger partial charge in [-0.05, 0) is 12.1 Å². The summed E-state index contributed by atoms with van der Waals surface area (Å²) in [6.45, 7) is 0. The van der Waals surface area contributed by atoms with Crippen molar-refractivity contribution in [1.82, 2.24) is 4.98 Å². The number of nitrogens with two attached hydrogens (primary N) is 2. The van der Waals surface area contributed by atoms with Crippen molar-refractivity contribution in [1.29, 1.82) is 10.5 Å². The number of hydrogen-bond donors (Lipinski definition) is 2. The molecule has 0 aliphatic rings. The topological polar surface area (TPSA) is 113 Å². The first-order chi connectivity index (χ1) is 6.20. The predicted octanol–water partition coefficient (Wildman–Crippen LogP) is 0.275. The fraction of sp³-hybridized carbons (Fsp3) is 0. The molecule has 0 bridgehead atoms. The third kappa shape index (κ3) is 8.84. The summed E-state index contributed by atoms with van der Waals surface area (Å²) >= 11 is 0.431. The summed E-state index contributed by atoms with van der Waals surface area (Å²) in [6, 6.07) is 5.14. The van der Waals surface area contributed by atoms with E-state index < -0.39 is 0 Å². The van der Waals surface area contributed by atoms with Gasteiger partial charge < -0.3 is 11.5 Å². The molecule has 0 amide bonds. The third-order valence-corrected chi connectivity index (χ3v) is 1.08. The van der Waals surface area contributed by atoms with E-state index in [2.05, 4.69) is 4.98 Å². The van der Waals surface area contributed by atoms with Gasteiger partial charge >= 0.3 is 35.0 Å². The Hall–Kier alpha value is -1.26. The summed E-state index contributed by atoms with van der Waals surface area (Å²) in [7, 11) is 0. The molecule has 1 aromatic heterocycles. The Kier molecular flexibility index (Phi) is 10.7. The van der Waals surface area contributed by atoms with Gasteiger partial charge in [0.15, 0.2) is 0 Å². The molecule has 4 N–H and O–H groups in total. The SMILES string of the molecule is N#[C][Ni][C]#N.Nc1cccc(N)n1.[Fe]. The summed E-state index contributed by atoms with van der Waals surface area (Å²) < 4.78 is 0. The quantitative estimate of drug-likeness (QED) is 0.660. The second kappa shape index (κ2) is 9.83. The molecule has 14 heavy (non-hydrogen) atoms. The summed E-state index contributed by atoms with van der Waals surface area (Å²) in [4.78, 5) is 3.73. The van der Waals surface area contributed by atoms with Crippen LogP contribution in [0.4, 0.5) is 11.6 Å². The summed E-state index contributed by atoms with van der Waals surface area (Å²) in [5, 5.41) is 18.3. The van der Waals surface area contributed by atoms with Gasteiger partial charge in [0, 0.05) is 17.1 Å². The van der Waals surface area contributed by atoms with Crippen molar-refractivity contribution < 1.29 is 31.5 Å². The molecule has 78 valence electrons. The van der Waals surface area contributed by atoms with Gasteiger partial charge in [-0.3, -0.25) is 0 Å². The van der Waals surface area contributed by atoms with Gasteiger partial charge in [-0.25, -0.2) is 4.98 Å². The Morgan fingerprint density at radius 3 is 1.71 bits per heavy atom. The molecule has 0 aromatic carbocycles. The first-order valence-electron chi connectivity index (χ1n) is 3.03. The van der Waals surface area contributed by atoms with E-state index in [1.54, 1.807) is 28.3 Å². The van der Waals surface area contributed by atoms with Crippen LogP contribution in [-0.4, -0.2) is 4.98 Å². The van der Waals surface area contributed by atoms with Crippen LogP contribution in [0.5, 0.6) is 0 Å². The van der Waals surface area contributed by atoms with Gasteiger partial charge in [-0.15, -0.1) is 0 Å². The van der Waals surface area contributed by atoms with E-state index in [1.165, 1.54) is 0 Å². The Morgan fingerprint density at radius 2 is 1.57 bits per heavy atom. The molecular formula is C7H7FeN5Ni. The van der Waals surface area contributed by atoms with Crippen LogP contribution >= 0.6 is 0 Å². The van der Waals surface area contributed by atoms with Crippen LogP contribution in [0, 0.1) is 20.6 Å². The van der Waals surface area contributed by atoms with Crippen LogP contribution in [0.3, 0.4) is 0 Å². The number of aromatic nitrogens is 1. The van der Waals surface area contributed by atoms with Crippen LogP contribution < -0.4 is 11.5 Å². The van der Waals surface area contributed by atoms with Crippen molar-refractivity contribution in [3.8, 4) is 10.1 Å². The zero-order valence-electron chi connectivity index (χ0n) is 6.90. The van der Waals surface area contributed by atoms with Gasteiger partial charge in [0.05, 0.1) is 0 Å². The summed E-state index contributed by atoms with van der Waals surface area (Å²) in [5.74, 6) is 0.926. The molecule has 5 nitrogen and oxygen atoms in total. The number of nitrogen functional groups attached to an aromatic ring is 2. The number of hydrogen-bond acceptors (Lipinski definition) is 5. The van der Waals surface area contributed by atoms with E-state index >= 15 is 0 Å². The van der Waals surface area contributed by atoms with Gasteiger partial charge in [0.25, 0.3) is 0 Å². The van der Waals surface area contributed by atoms with Crippen LogP contribution in [0.25, 0.3) is 0 Å². The van der Waals surface area contributed by atoms with Crippen LogP contribution in [0.15, 0.2) is 18.2 Å². The van der Waals surface area contributed by atoms with Crippen molar-refractivity contribution in [2.75, 3.05) is 11.5 Å². The number of nitrogens with zero attached hydrogens (tertiary/aromatic N) is 3. The summed E-state index contributed by atoms with van der Waals surface area (Å²) in [5.41, 5.74) is 10.5. The molecule has 1 heterocycles. The zero-order chi connectivity index (χ0) is 10.1. The van der Waals surface area contributed by atoms with Crippen LogP contribution in [0.1, 0.15) is 0 Å². The Bertz CT molecular complexity index is 313. The molecule has 0 spiro atoms. The normalized spacial score (nSPS) is 7.00. The molecule has 0 aliphatic heterocycles. The van der Waals surface area contributed by atoms with E-state index in [1.807, 2.05) is 0 Å². The van der Waals surface area contributed by atoms with Crippen LogP contribution in [0.2, 0.25) is 0 Å². The molecule has 0 saturated heterocycles. The molecule has 0 radical (unpaired) electrons. The fourth-order valence-electron chi connectivity index (χ4n) is 0.485. The Balaban J connectivity index is 0. The molecular weight excluding hydrogens is 269 g/mol. The average molecular weight is 276 g/mol. The maximum Gasteiger partial charge on any atom is 0.125 e. The third-order valence-electron chi connectivity index (χ3n) is 0.863. The zero-order valence-corrected chi connectivity index (χ0v) is 8.99. The average Bonchev–Trinajstić information content (AvgIpc) is 2.06. The van der Waals surface area contributed by atoms with Crippen molar-refractivity contribution >= 4 is 11.6 Å². The van der Waals surface area contributed by atoms with E-state index in [0.29, 0.717) is 26.1 Å². The monoisotopic (exact) mass is 275 g/mol. The molecule has 0 saturated carbocycles. The largest absolute Gasteiger partial charge is 0.384 e. The molecule has 1 rings (SSSR count). The first-order valence-corrected chi connectivity index (χ1v) is 4.02. The molecule has 0 atom stereocenters. The minimum absolute atomic E-state index is 0. The maximum absolute atomic E-state index is 7.57. The molecule has 7 heteroatoms.